The number of nitrogens with one attached hydrogen (secondary N) is 2. The van der Waals surface area contributed by atoms with Crippen molar-refractivity contribution in [2.45, 2.75) is 6.54 Å². The summed E-state index contributed by atoms with van der Waals surface area (Å²) in [6, 6.07) is 16.3. The van der Waals surface area contributed by atoms with Crippen molar-refractivity contribution < 1.29 is 19.0 Å². The number of anilines is 2. The summed E-state index contributed by atoms with van der Waals surface area (Å²) in [4.78, 5) is 16.9. The van der Waals surface area contributed by atoms with Crippen LogP contribution in [0.15, 0.2) is 60.8 Å². The molecule has 3 rings (SSSR count). The molecule has 0 unspecified atom stereocenters. The zero-order chi connectivity index (χ0) is 20.6. The van der Waals surface area contributed by atoms with E-state index in [0.717, 1.165) is 11.3 Å². The highest BCUT2D eigenvalue weighted by Crippen LogP contribution is 2.31. The van der Waals surface area contributed by atoms with Gasteiger partial charge in [0.2, 0.25) is 0 Å². The van der Waals surface area contributed by atoms with Crippen molar-refractivity contribution in [2.24, 2.45) is 0 Å². The summed E-state index contributed by atoms with van der Waals surface area (Å²) < 4.78 is 15.9. The Morgan fingerprint density at radius 2 is 1.72 bits per heavy atom. The van der Waals surface area contributed by atoms with E-state index in [2.05, 4.69) is 15.6 Å². The first-order valence-corrected chi connectivity index (χ1v) is 8.99. The van der Waals surface area contributed by atoms with Crippen molar-refractivity contribution >= 4 is 17.4 Å². The minimum absolute atomic E-state index is 0.206. The van der Waals surface area contributed by atoms with Crippen molar-refractivity contribution in [3.05, 3.63) is 71.9 Å². The standard InChI is InChI=1S/C22H23N3O4/c1-27-17-8-9-18(20(13-17)29-3)25-21-12-15(10-11-23-21)22(26)24-14-16-6-4-5-7-19(16)28-2/h4-13H,14H2,1-3H3,(H,23,25)(H,24,26). The predicted octanol–water partition coefficient (Wildman–Crippen LogP) is 3.78. The molecule has 0 bridgehead atoms. The van der Waals surface area contributed by atoms with E-state index in [1.807, 2.05) is 36.4 Å². The number of hydrogen-bond acceptors (Lipinski definition) is 6. The molecule has 0 aliphatic rings. The molecular weight excluding hydrogens is 370 g/mol. The minimum Gasteiger partial charge on any atom is -0.497 e. The Bertz CT molecular complexity index is 991. The number of hydrogen-bond donors (Lipinski definition) is 2. The molecule has 7 heteroatoms. The van der Waals surface area contributed by atoms with Crippen LogP contribution in [-0.4, -0.2) is 32.2 Å². The average Bonchev–Trinajstić information content (AvgIpc) is 2.78. The molecule has 1 heterocycles. The number of amides is 1. The number of methoxy groups -OCH3 is 3. The van der Waals surface area contributed by atoms with E-state index in [4.69, 9.17) is 14.2 Å². The molecule has 0 atom stereocenters. The molecule has 1 amide bonds. The fourth-order valence-electron chi connectivity index (χ4n) is 2.81. The van der Waals surface area contributed by atoms with E-state index in [0.29, 0.717) is 35.1 Å². The van der Waals surface area contributed by atoms with Gasteiger partial charge in [-0.25, -0.2) is 4.98 Å². The first kappa shape index (κ1) is 20.0. The second-order valence-electron chi connectivity index (χ2n) is 6.12. The molecule has 3 aromatic rings. The van der Waals surface area contributed by atoms with Gasteiger partial charge in [0.1, 0.15) is 23.1 Å². The zero-order valence-electron chi connectivity index (χ0n) is 16.6. The number of nitrogens with zero attached hydrogens (tertiary/aromatic N) is 1. The van der Waals surface area contributed by atoms with Crippen molar-refractivity contribution in [3.8, 4) is 17.2 Å². The number of ether oxygens (including phenoxy) is 3. The number of benzene rings is 2. The van der Waals surface area contributed by atoms with Crippen molar-refractivity contribution in [3.63, 3.8) is 0 Å². The summed E-state index contributed by atoms with van der Waals surface area (Å²) in [5.41, 5.74) is 2.11. The van der Waals surface area contributed by atoms with E-state index in [-0.39, 0.29) is 5.91 Å². The Kier molecular flexibility index (Phi) is 6.52. The van der Waals surface area contributed by atoms with Gasteiger partial charge in [0.05, 0.1) is 27.0 Å². The van der Waals surface area contributed by atoms with E-state index < -0.39 is 0 Å². The normalized spacial score (nSPS) is 10.2. The highest BCUT2D eigenvalue weighted by molar-refractivity contribution is 5.95. The van der Waals surface area contributed by atoms with Gasteiger partial charge in [0.25, 0.3) is 5.91 Å². The number of pyridine rings is 1. The van der Waals surface area contributed by atoms with Gasteiger partial charge in [-0.1, -0.05) is 18.2 Å². The van der Waals surface area contributed by atoms with Crippen LogP contribution in [0.1, 0.15) is 15.9 Å². The lowest BCUT2D eigenvalue weighted by atomic mass is 10.2. The summed E-state index contributed by atoms with van der Waals surface area (Å²) in [7, 11) is 4.78. The van der Waals surface area contributed by atoms with Crippen LogP contribution in [0.2, 0.25) is 0 Å². The van der Waals surface area contributed by atoms with Gasteiger partial charge in [0, 0.05) is 29.9 Å². The number of rotatable bonds is 8. The third-order valence-electron chi connectivity index (χ3n) is 4.33. The molecule has 150 valence electrons. The van der Waals surface area contributed by atoms with Crippen LogP contribution in [0.3, 0.4) is 0 Å². The van der Waals surface area contributed by atoms with E-state index in [1.165, 1.54) is 0 Å². The SMILES string of the molecule is COc1ccc(Nc2cc(C(=O)NCc3ccccc3OC)ccn2)c(OC)c1. The summed E-state index contributed by atoms with van der Waals surface area (Å²) in [5, 5.41) is 6.07. The Balaban J connectivity index is 1.71. The van der Waals surface area contributed by atoms with Crippen molar-refractivity contribution in [1.82, 2.24) is 10.3 Å². The lowest BCUT2D eigenvalue weighted by Gasteiger charge is -2.13. The molecule has 0 saturated heterocycles. The second-order valence-corrected chi connectivity index (χ2v) is 6.12. The van der Waals surface area contributed by atoms with Crippen LogP contribution in [-0.2, 0) is 6.54 Å². The minimum atomic E-state index is -0.206. The van der Waals surface area contributed by atoms with Crippen LogP contribution in [0, 0.1) is 0 Å². The van der Waals surface area contributed by atoms with Crippen LogP contribution < -0.4 is 24.8 Å². The van der Waals surface area contributed by atoms with Crippen LogP contribution >= 0.6 is 0 Å². The van der Waals surface area contributed by atoms with Gasteiger partial charge in [-0.05, 0) is 30.3 Å². The van der Waals surface area contributed by atoms with Gasteiger partial charge in [-0.15, -0.1) is 0 Å². The van der Waals surface area contributed by atoms with E-state index >= 15 is 0 Å². The van der Waals surface area contributed by atoms with Gasteiger partial charge in [0.15, 0.2) is 0 Å². The maximum absolute atomic E-state index is 12.6. The summed E-state index contributed by atoms with van der Waals surface area (Å²) in [6.07, 6.45) is 1.58. The molecule has 1 aromatic heterocycles. The van der Waals surface area contributed by atoms with Crippen LogP contribution in [0.5, 0.6) is 17.2 Å². The fraction of sp³-hybridized carbons (Fsp3) is 0.182. The van der Waals surface area contributed by atoms with Crippen molar-refractivity contribution in [2.75, 3.05) is 26.6 Å². The molecule has 0 aliphatic carbocycles. The third kappa shape index (κ3) is 4.95. The fourth-order valence-corrected chi connectivity index (χ4v) is 2.81. The summed E-state index contributed by atoms with van der Waals surface area (Å²) in [6.45, 7) is 0.361. The average molecular weight is 393 g/mol. The molecular formula is C22H23N3O4. The smallest absolute Gasteiger partial charge is 0.251 e. The Morgan fingerprint density at radius 3 is 2.48 bits per heavy atom. The molecule has 2 N–H and O–H groups in total. The first-order chi connectivity index (χ1) is 14.1. The van der Waals surface area contributed by atoms with E-state index in [9.17, 15) is 4.79 Å². The Hall–Kier alpha value is -3.74. The number of para-hydroxylation sites is 1. The van der Waals surface area contributed by atoms with Crippen LogP contribution in [0.4, 0.5) is 11.5 Å². The Morgan fingerprint density at radius 1 is 0.931 bits per heavy atom. The highest BCUT2D eigenvalue weighted by Gasteiger charge is 2.11. The zero-order valence-corrected chi connectivity index (χ0v) is 16.6. The molecule has 0 spiro atoms. The molecule has 7 nitrogen and oxygen atoms in total. The van der Waals surface area contributed by atoms with Crippen LogP contribution in [0.25, 0.3) is 0 Å². The Labute approximate surface area is 169 Å². The third-order valence-corrected chi connectivity index (χ3v) is 4.33. The summed E-state index contributed by atoms with van der Waals surface area (Å²) in [5.74, 6) is 2.35. The number of aromatic nitrogens is 1. The molecule has 0 radical (unpaired) electrons. The number of carbonyl (C=O) groups is 1. The maximum atomic E-state index is 12.6. The van der Waals surface area contributed by atoms with Gasteiger partial charge >= 0.3 is 0 Å². The molecule has 0 saturated carbocycles. The molecule has 0 aliphatic heterocycles. The predicted molar refractivity (Wildman–Crippen MR) is 111 cm³/mol. The monoisotopic (exact) mass is 393 g/mol. The van der Waals surface area contributed by atoms with Crippen molar-refractivity contribution in [1.29, 1.82) is 0 Å². The quantitative estimate of drug-likeness (QED) is 0.606. The molecule has 0 fully saturated rings. The van der Waals surface area contributed by atoms with E-state index in [1.54, 1.807) is 45.7 Å². The molecule has 2 aromatic carbocycles. The second kappa shape index (κ2) is 9.45. The lowest BCUT2D eigenvalue weighted by Crippen LogP contribution is -2.23. The largest absolute Gasteiger partial charge is 0.497 e. The topological polar surface area (TPSA) is 81.7 Å². The maximum Gasteiger partial charge on any atom is 0.251 e. The first-order valence-electron chi connectivity index (χ1n) is 8.99. The lowest BCUT2D eigenvalue weighted by molar-refractivity contribution is 0.0950. The van der Waals surface area contributed by atoms with Gasteiger partial charge < -0.3 is 24.8 Å². The highest BCUT2D eigenvalue weighted by atomic mass is 16.5. The van der Waals surface area contributed by atoms with Gasteiger partial charge in [-0.2, -0.15) is 0 Å². The number of carbonyl (C=O) groups excluding carboxylic acids is 1. The molecule has 29 heavy (non-hydrogen) atoms. The van der Waals surface area contributed by atoms with Gasteiger partial charge in [-0.3, -0.25) is 4.79 Å². The summed E-state index contributed by atoms with van der Waals surface area (Å²) >= 11 is 0.